The van der Waals surface area contributed by atoms with Crippen LogP contribution in [-0.2, 0) is 20.1 Å². The molecule has 2 rings (SSSR count). The number of esters is 1. The fraction of sp³-hybridized carbons (Fsp3) is 0.500. The summed E-state index contributed by atoms with van der Waals surface area (Å²) in [6, 6.07) is 6.34. The molecular formula is C16H21ClF2N2O3S. The Morgan fingerprint density at radius 2 is 2.20 bits per heavy atom. The second-order valence-electron chi connectivity index (χ2n) is 5.56. The van der Waals surface area contributed by atoms with Gasteiger partial charge in [0.2, 0.25) is 5.91 Å². The Hall–Kier alpha value is -1.38. The summed E-state index contributed by atoms with van der Waals surface area (Å²) in [6.07, 6.45) is -0.138. The van der Waals surface area contributed by atoms with E-state index in [0.717, 1.165) is 5.56 Å². The Labute approximate surface area is 155 Å². The highest BCUT2D eigenvalue weighted by Crippen LogP contribution is 2.26. The van der Waals surface area contributed by atoms with E-state index in [1.165, 1.54) is 7.11 Å². The summed E-state index contributed by atoms with van der Waals surface area (Å²) >= 11 is 1.58. The molecule has 5 nitrogen and oxygen atoms in total. The van der Waals surface area contributed by atoms with Gasteiger partial charge in [-0.15, -0.1) is 12.4 Å². The first-order valence-corrected chi connectivity index (χ1v) is 8.71. The lowest BCUT2D eigenvalue weighted by Crippen LogP contribution is -2.35. The van der Waals surface area contributed by atoms with Crippen molar-refractivity contribution < 1.29 is 23.1 Å². The molecule has 2 N–H and O–H groups in total. The van der Waals surface area contributed by atoms with Gasteiger partial charge < -0.3 is 10.1 Å². The molecule has 25 heavy (non-hydrogen) atoms. The van der Waals surface area contributed by atoms with Gasteiger partial charge in [-0.1, -0.05) is 12.1 Å². The van der Waals surface area contributed by atoms with E-state index in [1.54, 1.807) is 30.0 Å². The summed E-state index contributed by atoms with van der Waals surface area (Å²) in [5.41, 5.74) is 1.55. The van der Waals surface area contributed by atoms with Crippen molar-refractivity contribution in [2.45, 2.75) is 30.6 Å². The first-order chi connectivity index (χ1) is 11.4. The van der Waals surface area contributed by atoms with Crippen molar-refractivity contribution in [3.8, 4) is 0 Å². The molecule has 1 saturated heterocycles. The Morgan fingerprint density at radius 3 is 2.84 bits per heavy atom. The van der Waals surface area contributed by atoms with Crippen LogP contribution in [0.25, 0.3) is 0 Å². The van der Waals surface area contributed by atoms with Gasteiger partial charge in [-0.25, -0.2) is 8.78 Å². The number of carbonyl (C=O) groups excluding carboxylic acids is 2. The number of amides is 1. The third-order valence-electron chi connectivity index (χ3n) is 3.57. The number of alkyl halides is 2. The van der Waals surface area contributed by atoms with E-state index in [2.05, 4.69) is 15.4 Å². The van der Waals surface area contributed by atoms with Crippen molar-refractivity contribution in [3.05, 3.63) is 29.8 Å². The number of hydrogen-bond donors (Lipinski definition) is 2. The average molecular weight is 395 g/mol. The van der Waals surface area contributed by atoms with Crippen LogP contribution in [0.2, 0.25) is 0 Å². The molecule has 1 aliphatic rings. The van der Waals surface area contributed by atoms with Gasteiger partial charge in [0.25, 0.3) is 5.92 Å². The minimum atomic E-state index is -2.83. The number of carbonyl (C=O) groups is 2. The quantitative estimate of drug-likeness (QED) is 0.550. The molecule has 9 heteroatoms. The number of benzene rings is 1. The van der Waals surface area contributed by atoms with Crippen LogP contribution in [0.5, 0.6) is 0 Å². The lowest BCUT2D eigenvalue weighted by atomic mass is 10.1. The molecule has 0 radical (unpaired) electrons. The van der Waals surface area contributed by atoms with E-state index in [1.807, 2.05) is 6.07 Å². The second-order valence-corrected chi connectivity index (χ2v) is 6.67. The van der Waals surface area contributed by atoms with E-state index in [-0.39, 0.29) is 18.4 Å². The Kier molecular flexibility index (Phi) is 8.61. The maximum absolute atomic E-state index is 13.1. The zero-order valence-electron chi connectivity index (χ0n) is 13.7. The molecule has 1 atom stereocenters. The maximum atomic E-state index is 13.1. The number of hydrogen-bond acceptors (Lipinski definition) is 5. The topological polar surface area (TPSA) is 67.4 Å². The summed E-state index contributed by atoms with van der Waals surface area (Å²) in [5, 5.41) is 5.19. The number of methoxy groups -OCH3 is 1. The predicted octanol–water partition coefficient (Wildman–Crippen LogP) is 2.84. The molecule has 1 heterocycles. The monoisotopic (exact) mass is 394 g/mol. The molecule has 1 aliphatic heterocycles. The van der Waals surface area contributed by atoms with Gasteiger partial charge >= 0.3 is 5.97 Å². The van der Waals surface area contributed by atoms with Gasteiger partial charge in [0.1, 0.15) is 0 Å². The zero-order valence-corrected chi connectivity index (χ0v) is 15.4. The van der Waals surface area contributed by atoms with E-state index in [9.17, 15) is 18.4 Å². The molecule has 1 aromatic rings. The second kappa shape index (κ2) is 9.94. The van der Waals surface area contributed by atoms with Gasteiger partial charge in [0.05, 0.1) is 26.1 Å². The number of anilines is 1. The summed E-state index contributed by atoms with van der Waals surface area (Å²) in [4.78, 5) is 23.0. The average Bonchev–Trinajstić information content (AvgIpc) is 2.92. The summed E-state index contributed by atoms with van der Waals surface area (Å²) in [5.74, 6) is -2.21. The fourth-order valence-corrected chi connectivity index (χ4v) is 3.19. The lowest BCUT2D eigenvalue weighted by molar-refractivity contribution is -0.140. The standard InChI is InChI=1S/C16H20F2N2O3S.ClH/c1-23-14(21)5-6-24-9-11-3-2-4-12(7-11)20-15(22)13-8-16(17,18)10-19-13;/h2-4,7,13,19H,5-6,8-10H2,1H3,(H,20,22);1H. The van der Waals surface area contributed by atoms with Gasteiger partial charge in [0.15, 0.2) is 0 Å². The van der Waals surface area contributed by atoms with Crippen LogP contribution in [0.3, 0.4) is 0 Å². The molecule has 1 amide bonds. The highest BCUT2D eigenvalue weighted by Gasteiger charge is 2.42. The lowest BCUT2D eigenvalue weighted by Gasteiger charge is -2.12. The van der Waals surface area contributed by atoms with Crippen molar-refractivity contribution in [2.75, 3.05) is 24.7 Å². The number of nitrogens with one attached hydrogen (secondary N) is 2. The van der Waals surface area contributed by atoms with E-state index in [0.29, 0.717) is 23.6 Å². The number of ether oxygens (including phenoxy) is 1. The smallest absolute Gasteiger partial charge is 0.306 e. The molecule has 0 bridgehead atoms. The van der Waals surface area contributed by atoms with E-state index < -0.39 is 30.8 Å². The molecular weight excluding hydrogens is 374 g/mol. The highest BCUT2D eigenvalue weighted by atomic mass is 35.5. The molecule has 140 valence electrons. The highest BCUT2D eigenvalue weighted by molar-refractivity contribution is 7.98. The van der Waals surface area contributed by atoms with E-state index in [4.69, 9.17) is 0 Å². The van der Waals surface area contributed by atoms with Crippen molar-refractivity contribution >= 4 is 41.7 Å². The van der Waals surface area contributed by atoms with Crippen LogP contribution in [0.4, 0.5) is 14.5 Å². The van der Waals surface area contributed by atoms with Gasteiger partial charge in [-0.2, -0.15) is 11.8 Å². The van der Waals surface area contributed by atoms with Gasteiger partial charge in [0, 0.05) is 23.6 Å². The Morgan fingerprint density at radius 1 is 1.44 bits per heavy atom. The third-order valence-corrected chi connectivity index (χ3v) is 4.60. The first kappa shape index (κ1) is 21.7. The fourth-order valence-electron chi connectivity index (χ4n) is 2.32. The van der Waals surface area contributed by atoms with Crippen LogP contribution < -0.4 is 10.6 Å². The molecule has 0 aromatic heterocycles. The largest absolute Gasteiger partial charge is 0.469 e. The summed E-state index contributed by atoms with van der Waals surface area (Å²) in [6.45, 7) is -0.470. The minimum absolute atomic E-state index is 0. The number of thioether (sulfide) groups is 1. The zero-order chi connectivity index (χ0) is 17.6. The third kappa shape index (κ3) is 7.17. The van der Waals surface area contributed by atoms with Crippen molar-refractivity contribution in [3.63, 3.8) is 0 Å². The number of halogens is 3. The molecule has 0 aliphatic carbocycles. The van der Waals surface area contributed by atoms with E-state index >= 15 is 0 Å². The summed E-state index contributed by atoms with van der Waals surface area (Å²) in [7, 11) is 1.36. The minimum Gasteiger partial charge on any atom is -0.469 e. The molecule has 1 unspecified atom stereocenters. The normalized spacial score (nSPS) is 18.3. The van der Waals surface area contributed by atoms with Crippen LogP contribution >= 0.6 is 24.2 Å². The van der Waals surface area contributed by atoms with Crippen LogP contribution in [0.1, 0.15) is 18.4 Å². The summed E-state index contributed by atoms with van der Waals surface area (Å²) < 4.78 is 30.8. The van der Waals surface area contributed by atoms with Crippen molar-refractivity contribution in [2.24, 2.45) is 0 Å². The number of rotatable bonds is 7. The van der Waals surface area contributed by atoms with Crippen molar-refractivity contribution in [1.29, 1.82) is 0 Å². The van der Waals surface area contributed by atoms with Gasteiger partial charge in [-0.3, -0.25) is 14.9 Å². The predicted molar refractivity (Wildman–Crippen MR) is 96.5 cm³/mol. The Bertz CT molecular complexity index is 604. The first-order valence-electron chi connectivity index (χ1n) is 7.55. The van der Waals surface area contributed by atoms with Crippen molar-refractivity contribution in [1.82, 2.24) is 5.32 Å². The van der Waals surface area contributed by atoms with Gasteiger partial charge in [-0.05, 0) is 17.7 Å². The Balaban J connectivity index is 0.00000312. The van der Waals surface area contributed by atoms with Crippen LogP contribution in [0.15, 0.2) is 24.3 Å². The van der Waals surface area contributed by atoms with Crippen LogP contribution in [0, 0.1) is 0 Å². The maximum Gasteiger partial charge on any atom is 0.306 e. The molecule has 1 aromatic carbocycles. The molecule has 0 spiro atoms. The molecule has 0 saturated carbocycles. The van der Waals surface area contributed by atoms with Crippen LogP contribution in [-0.4, -0.2) is 43.2 Å². The SMILES string of the molecule is COC(=O)CCSCc1cccc(NC(=O)C2CC(F)(F)CN2)c1.Cl. The molecule has 1 fully saturated rings.